The van der Waals surface area contributed by atoms with Crippen molar-refractivity contribution in [1.29, 1.82) is 0 Å². The normalized spacial score (nSPS) is 23.4. The number of aliphatic hydroxyl groups excluding tert-OH is 1. The molecular formula is C28H44N4O7S2. The van der Waals surface area contributed by atoms with Crippen molar-refractivity contribution in [3.05, 3.63) is 29.8 Å². The molecule has 41 heavy (non-hydrogen) atoms. The standard InChI is InChI=1S/C28H44N4O7S2/c1-4-5-17-31-26(34)24(25(33)22-9-7-6-8-10-22)29-27(35)28(31)15-18-30(19-16-28)20-21-11-13-23(14-12-21)32(40(2,36)37)41(3,38)39/h11-14,22,24-25,33H,4-10,15-20H2,1-3H3,(H,29,35)/t24-,25-/m1/s1. The molecule has 0 bridgehead atoms. The molecule has 2 heterocycles. The van der Waals surface area contributed by atoms with Crippen LogP contribution in [-0.4, -0.2) is 93.4 Å². The molecule has 2 aliphatic heterocycles. The zero-order valence-corrected chi connectivity index (χ0v) is 25.9. The molecule has 1 saturated carbocycles. The highest BCUT2D eigenvalue weighted by atomic mass is 32.3. The number of hydrogen-bond acceptors (Lipinski definition) is 8. The van der Waals surface area contributed by atoms with Crippen molar-refractivity contribution < 1.29 is 31.5 Å². The monoisotopic (exact) mass is 612 g/mol. The van der Waals surface area contributed by atoms with E-state index < -0.39 is 37.7 Å². The molecule has 13 heteroatoms. The summed E-state index contributed by atoms with van der Waals surface area (Å²) >= 11 is 0. The number of amides is 2. The van der Waals surface area contributed by atoms with Crippen LogP contribution in [-0.2, 0) is 36.2 Å². The average molecular weight is 613 g/mol. The molecule has 4 rings (SSSR count). The summed E-state index contributed by atoms with van der Waals surface area (Å²) in [6.07, 6.45) is 8.37. The first kappa shape index (κ1) is 31.7. The third-order valence-electron chi connectivity index (χ3n) is 8.81. The van der Waals surface area contributed by atoms with E-state index in [1.807, 2.05) is 0 Å². The lowest BCUT2D eigenvalue weighted by atomic mass is 9.78. The maximum absolute atomic E-state index is 13.8. The number of likely N-dealkylation sites (tertiary alicyclic amines) is 1. The Morgan fingerprint density at radius 3 is 2.12 bits per heavy atom. The topological polar surface area (TPSA) is 144 Å². The summed E-state index contributed by atoms with van der Waals surface area (Å²) in [5.41, 5.74) is -0.0273. The number of carbonyl (C=O) groups is 2. The number of nitrogens with zero attached hydrogens (tertiary/aromatic N) is 3. The maximum atomic E-state index is 13.8. The van der Waals surface area contributed by atoms with Gasteiger partial charge in [0, 0.05) is 26.2 Å². The SMILES string of the molecule is CCCCN1C(=O)[C@@H]([C@H](O)C2CCCCC2)NC(=O)C12CCN(Cc1ccc(N(S(C)(=O)=O)S(C)(=O)=O)cc1)CC2. The van der Waals surface area contributed by atoms with E-state index in [-0.39, 0.29) is 23.4 Å². The van der Waals surface area contributed by atoms with E-state index in [2.05, 4.69) is 17.1 Å². The van der Waals surface area contributed by atoms with Gasteiger partial charge in [0.05, 0.1) is 24.3 Å². The van der Waals surface area contributed by atoms with Crippen molar-refractivity contribution in [2.24, 2.45) is 5.92 Å². The quantitative estimate of drug-likeness (QED) is 0.407. The van der Waals surface area contributed by atoms with Gasteiger partial charge < -0.3 is 15.3 Å². The lowest BCUT2D eigenvalue weighted by molar-refractivity contribution is -0.166. The number of sulfonamides is 2. The molecule has 1 aromatic rings. The van der Waals surface area contributed by atoms with Crippen LogP contribution >= 0.6 is 0 Å². The average Bonchev–Trinajstić information content (AvgIpc) is 2.91. The van der Waals surface area contributed by atoms with Gasteiger partial charge in [0.2, 0.25) is 31.9 Å². The van der Waals surface area contributed by atoms with E-state index >= 15 is 0 Å². The zero-order chi connectivity index (χ0) is 30.0. The van der Waals surface area contributed by atoms with E-state index in [1.165, 1.54) is 12.1 Å². The fourth-order valence-corrected chi connectivity index (χ4v) is 9.62. The summed E-state index contributed by atoms with van der Waals surface area (Å²) < 4.78 is 48.7. The highest BCUT2D eigenvalue weighted by molar-refractivity contribution is 8.09. The minimum absolute atomic E-state index is 0.0234. The van der Waals surface area contributed by atoms with Gasteiger partial charge in [-0.1, -0.05) is 44.7 Å². The molecule has 2 N–H and O–H groups in total. The third-order valence-corrected chi connectivity index (χ3v) is 12.1. The Morgan fingerprint density at radius 2 is 1.59 bits per heavy atom. The number of piperidine rings is 1. The zero-order valence-electron chi connectivity index (χ0n) is 24.3. The van der Waals surface area contributed by atoms with Crippen molar-refractivity contribution in [2.45, 2.75) is 88.9 Å². The molecule has 3 fully saturated rings. The van der Waals surface area contributed by atoms with Crippen LogP contribution in [0.25, 0.3) is 0 Å². The summed E-state index contributed by atoms with van der Waals surface area (Å²) in [4.78, 5) is 31.4. The first-order chi connectivity index (χ1) is 19.3. The molecule has 1 spiro atoms. The molecule has 2 amide bonds. The maximum Gasteiger partial charge on any atom is 0.248 e. The van der Waals surface area contributed by atoms with Gasteiger partial charge in [-0.25, -0.2) is 16.8 Å². The highest BCUT2D eigenvalue weighted by Crippen LogP contribution is 2.36. The minimum Gasteiger partial charge on any atom is -0.390 e. The lowest BCUT2D eigenvalue weighted by Gasteiger charge is -2.52. The molecule has 230 valence electrons. The van der Waals surface area contributed by atoms with E-state index in [4.69, 9.17) is 0 Å². The van der Waals surface area contributed by atoms with Crippen molar-refractivity contribution in [3.63, 3.8) is 0 Å². The Labute approximate surface area is 244 Å². The van der Waals surface area contributed by atoms with Gasteiger partial charge in [-0.3, -0.25) is 14.5 Å². The van der Waals surface area contributed by atoms with Crippen molar-refractivity contribution in [2.75, 3.05) is 35.9 Å². The van der Waals surface area contributed by atoms with Crippen LogP contribution < -0.4 is 9.03 Å². The first-order valence-electron chi connectivity index (χ1n) is 14.6. The fourth-order valence-electron chi connectivity index (χ4n) is 6.65. The predicted octanol–water partition coefficient (Wildman–Crippen LogP) is 1.82. The molecule has 0 radical (unpaired) electrons. The highest BCUT2D eigenvalue weighted by Gasteiger charge is 2.55. The molecule has 1 aromatic carbocycles. The van der Waals surface area contributed by atoms with Gasteiger partial charge in [0.25, 0.3) is 0 Å². The number of hydrogen-bond donors (Lipinski definition) is 2. The van der Waals surface area contributed by atoms with Crippen molar-refractivity contribution in [3.8, 4) is 0 Å². The van der Waals surface area contributed by atoms with Gasteiger partial charge in [-0.05, 0) is 55.7 Å². The van der Waals surface area contributed by atoms with Crippen LogP contribution in [0.15, 0.2) is 24.3 Å². The van der Waals surface area contributed by atoms with Crippen LogP contribution in [0.2, 0.25) is 0 Å². The van der Waals surface area contributed by atoms with Crippen molar-refractivity contribution >= 4 is 37.5 Å². The van der Waals surface area contributed by atoms with Gasteiger partial charge in [0.1, 0.15) is 11.6 Å². The Kier molecular flexibility index (Phi) is 9.72. The van der Waals surface area contributed by atoms with E-state index in [1.54, 1.807) is 17.0 Å². The van der Waals surface area contributed by atoms with Crippen molar-refractivity contribution in [1.82, 2.24) is 15.1 Å². The number of anilines is 1. The van der Waals surface area contributed by atoms with Crippen LogP contribution in [0.1, 0.15) is 70.3 Å². The van der Waals surface area contributed by atoms with E-state index in [0.717, 1.165) is 63.0 Å². The fraction of sp³-hybridized carbons (Fsp3) is 0.714. The Hall–Kier alpha value is -2.22. The smallest absolute Gasteiger partial charge is 0.248 e. The first-order valence-corrected chi connectivity index (χ1v) is 18.3. The summed E-state index contributed by atoms with van der Waals surface area (Å²) in [6.45, 7) is 4.20. The van der Waals surface area contributed by atoms with Gasteiger partial charge in [0.15, 0.2) is 0 Å². The van der Waals surface area contributed by atoms with E-state index in [9.17, 15) is 31.5 Å². The second kappa shape index (κ2) is 12.6. The molecule has 0 aromatic heterocycles. The Bertz CT molecular complexity index is 1270. The molecule has 11 nitrogen and oxygen atoms in total. The van der Waals surface area contributed by atoms with Crippen LogP contribution in [0.5, 0.6) is 0 Å². The van der Waals surface area contributed by atoms with Gasteiger partial charge >= 0.3 is 0 Å². The number of benzene rings is 1. The predicted molar refractivity (Wildman–Crippen MR) is 157 cm³/mol. The van der Waals surface area contributed by atoms with Gasteiger partial charge in [-0.2, -0.15) is 3.71 Å². The molecular weight excluding hydrogens is 568 g/mol. The second-order valence-corrected chi connectivity index (χ2v) is 15.8. The Morgan fingerprint density at radius 1 is 1.00 bits per heavy atom. The number of aliphatic hydroxyl groups is 1. The summed E-state index contributed by atoms with van der Waals surface area (Å²) in [7, 11) is -8.04. The molecule has 3 aliphatic rings. The summed E-state index contributed by atoms with van der Waals surface area (Å²) in [5.74, 6) is -0.338. The van der Waals surface area contributed by atoms with Gasteiger partial charge in [-0.15, -0.1) is 0 Å². The molecule has 0 unspecified atom stereocenters. The minimum atomic E-state index is -4.02. The largest absolute Gasteiger partial charge is 0.390 e. The number of carbonyl (C=O) groups excluding carboxylic acids is 2. The molecule has 2 saturated heterocycles. The Balaban J connectivity index is 1.45. The molecule has 1 aliphatic carbocycles. The number of unbranched alkanes of at least 4 members (excludes halogenated alkanes) is 1. The third kappa shape index (κ3) is 6.89. The summed E-state index contributed by atoms with van der Waals surface area (Å²) in [5, 5.41) is 14.1. The number of piperazine rings is 1. The van der Waals surface area contributed by atoms with E-state index in [0.29, 0.717) is 42.7 Å². The summed E-state index contributed by atoms with van der Waals surface area (Å²) in [6, 6.07) is 5.44. The molecule has 2 atom stereocenters. The van der Waals surface area contributed by atoms with Crippen LogP contribution in [0.3, 0.4) is 0 Å². The lowest BCUT2D eigenvalue weighted by Crippen LogP contribution is -2.75. The second-order valence-electron chi connectivity index (χ2n) is 11.9. The van der Waals surface area contributed by atoms with Crippen LogP contribution in [0.4, 0.5) is 5.69 Å². The van der Waals surface area contributed by atoms with Crippen LogP contribution in [0, 0.1) is 5.92 Å². The number of rotatable bonds is 10. The number of nitrogens with one attached hydrogen (secondary N) is 1.